The Balaban J connectivity index is 1.63. The van der Waals surface area contributed by atoms with Crippen molar-refractivity contribution in [2.75, 3.05) is 0 Å². The number of likely N-dealkylation sites (tertiary alicyclic amines) is 1. The molecule has 4 rings (SSSR count). The number of carbonyl (C=O) groups is 2. The largest absolute Gasteiger partial charge is 0.274 e. The summed E-state index contributed by atoms with van der Waals surface area (Å²) in [5, 5.41) is 0. The molecule has 4 fully saturated rings. The third kappa shape index (κ3) is 2.01. The molecular formula is C20H27NO2. The van der Waals surface area contributed by atoms with Gasteiger partial charge in [-0.05, 0) is 77.0 Å². The van der Waals surface area contributed by atoms with Crippen molar-refractivity contribution in [1.29, 1.82) is 0 Å². The van der Waals surface area contributed by atoms with Crippen LogP contribution in [0.5, 0.6) is 0 Å². The molecule has 2 bridgehead atoms. The summed E-state index contributed by atoms with van der Waals surface area (Å²) in [4.78, 5) is 27.3. The Bertz CT molecular complexity index is 636. The molecule has 3 heteroatoms. The van der Waals surface area contributed by atoms with Gasteiger partial charge in [-0.3, -0.25) is 14.5 Å². The minimum atomic E-state index is -0.0547. The number of imide groups is 1. The molecule has 3 aliphatic carbocycles. The van der Waals surface area contributed by atoms with Gasteiger partial charge in [-0.15, -0.1) is 0 Å². The third-order valence-electron chi connectivity index (χ3n) is 6.76. The molecule has 0 aromatic carbocycles. The van der Waals surface area contributed by atoms with Gasteiger partial charge in [0.15, 0.2) is 0 Å². The standard InChI is InChI=1S/C20H27NO2/c1-10(2)7-14(11(3)4)19(22)21-18-16(20(21)23)9-15-12-5-6-13(8-12)17(15)18/h7,12-13,15-18H,5-6,8-9H2,1-4H3. The van der Waals surface area contributed by atoms with Crippen LogP contribution in [-0.2, 0) is 9.59 Å². The number of β-lactam (4-membered cyclic amide) rings is 1. The van der Waals surface area contributed by atoms with Crippen molar-refractivity contribution in [2.24, 2.45) is 29.6 Å². The fourth-order valence-electron chi connectivity index (χ4n) is 5.95. The van der Waals surface area contributed by atoms with Crippen LogP contribution in [0.25, 0.3) is 0 Å². The maximum absolute atomic E-state index is 13.1. The highest BCUT2D eigenvalue weighted by molar-refractivity contribution is 6.10. The molecule has 1 saturated heterocycles. The van der Waals surface area contributed by atoms with Crippen molar-refractivity contribution < 1.29 is 9.59 Å². The summed E-state index contributed by atoms with van der Waals surface area (Å²) in [6.07, 6.45) is 6.99. The Kier molecular flexibility index (Phi) is 3.33. The van der Waals surface area contributed by atoms with Gasteiger partial charge in [-0.25, -0.2) is 0 Å². The zero-order valence-electron chi connectivity index (χ0n) is 14.6. The van der Waals surface area contributed by atoms with E-state index in [-0.39, 0.29) is 23.8 Å². The van der Waals surface area contributed by atoms with E-state index in [4.69, 9.17) is 0 Å². The van der Waals surface area contributed by atoms with Gasteiger partial charge >= 0.3 is 0 Å². The quantitative estimate of drug-likeness (QED) is 0.443. The minimum Gasteiger partial charge on any atom is -0.274 e. The normalized spacial score (nSPS) is 39.7. The summed E-state index contributed by atoms with van der Waals surface area (Å²) in [6.45, 7) is 7.92. The van der Waals surface area contributed by atoms with E-state index >= 15 is 0 Å². The second kappa shape index (κ2) is 5.06. The van der Waals surface area contributed by atoms with E-state index in [0.29, 0.717) is 17.4 Å². The molecule has 1 heterocycles. The lowest BCUT2D eigenvalue weighted by molar-refractivity contribution is -0.164. The number of carbonyl (C=O) groups excluding carboxylic acids is 2. The smallest absolute Gasteiger partial charge is 0.260 e. The molecule has 23 heavy (non-hydrogen) atoms. The van der Waals surface area contributed by atoms with Crippen LogP contribution in [0.3, 0.4) is 0 Å². The number of allylic oxidation sites excluding steroid dienone is 2. The van der Waals surface area contributed by atoms with E-state index in [1.54, 1.807) is 4.90 Å². The number of fused-ring (bicyclic) bond motifs is 7. The van der Waals surface area contributed by atoms with E-state index < -0.39 is 0 Å². The van der Waals surface area contributed by atoms with E-state index in [9.17, 15) is 9.59 Å². The highest BCUT2D eigenvalue weighted by atomic mass is 16.2. The van der Waals surface area contributed by atoms with Gasteiger partial charge in [-0.1, -0.05) is 17.2 Å². The molecule has 6 unspecified atom stereocenters. The molecule has 6 atom stereocenters. The first-order valence-electron chi connectivity index (χ1n) is 9.10. The molecule has 0 aromatic heterocycles. The minimum absolute atomic E-state index is 0.0547. The molecule has 0 spiro atoms. The van der Waals surface area contributed by atoms with Crippen LogP contribution in [0.15, 0.2) is 22.8 Å². The van der Waals surface area contributed by atoms with Crippen molar-refractivity contribution in [2.45, 2.75) is 59.4 Å². The Labute approximate surface area is 138 Å². The molecule has 2 amide bonds. The van der Waals surface area contributed by atoms with E-state index in [1.807, 2.05) is 33.8 Å². The van der Waals surface area contributed by atoms with Crippen LogP contribution >= 0.6 is 0 Å². The van der Waals surface area contributed by atoms with Crippen LogP contribution in [0.4, 0.5) is 0 Å². The first kappa shape index (κ1) is 15.2. The van der Waals surface area contributed by atoms with Crippen molar-refractivity contribution >= 4 is 11.8 Å². The zero-order chi connectivity index (χ0) is 16.5. The van der Waals surface area contributed by atoms with Crippen molar-refractivity contribution in [1.82, 2.24) is 4.90 Å². The van der Waals surface area contributed by atoms with Gasteiger partial charge in [0.25, 0.3) is 5.91 Å². The second-order valence-corrected chi connectivity index (χ2v) is 8.56. The van der Waals surface area contributed by atoms with Gasteiger partial charge in [0.2, 0.25) is 5.91 Å². The summed E-state index contributed by atoms with van der Waals surface area (Å²) in [6, 6.07) is 0.204. The molecule has 124 valence electrons. The van der Waals surface area contributed by atoms with Gasteiger partial charge in [0.05, 0.1) is 12.0 Å². The number of hydrogen-bond acceptors (Lipinski definition) is 2. The molecule has 3 saturated carbocycles. The Morgan fingerprint density at radius 2 is 1.78 bits per heavy atom. The molecular weight excluding hydrogens is 286 g/mol. The lowest BCUT2D eigenvalue weighted by Gasteiger charge is -2.46. The molecule has 0 aromatic rings. The van der Waals surface area contributed by atoms with E-state index in [1.165, 1.54) is 19.3 Å². The number of amides is 2. The summed E-state index contributed by atoms with van der Waals surface area (Å²) in [5.41, 5.74) is 2.81. The second-order valence-electron chi connectivity index (χ2n) is 8.56. The molecule has 3 nitrogen and oxygen atoms in total. The molecule has 0 N–H and O–H groups in total. The van der Waals surface area contributed by atoms with Crippen LogP contribution in [0, 0.1) is 29.6 Å². The van der Waals surface area contributed by atoms with Crippen LogP contribution < -0.4 is 0 Å². The summed E-state index contributed by atoms with van der Waals surface area (Å²) >= 11 is 0. The third-order valence-corrected chi connectivity index (χ3v) is 6.76. The summed E-state index contributed by atoms with van der Waals surface area (Å²) < 4.78 is 0. The Hall–Kier alpha value is -1.38. The van der Waals surface area contributed by atoms with E-state index in [2.05, 4.69) is 0 Å². The zero-order valence-corrected chi connectivity index (χ0v) is 14.6. The first-order valence-corrected chi connectivity index (χ1v) is 9.10. The topological polar surface area (TPSA) is 37.4 Å². The monoisotopic (exact) mass is 313 g/mol. The van der Waals surface area contributed by atoms with Crippen molar-refractivity contribution in [3.05, 3.63) is 22.8 Å². The number of nitrogens with zero attached hydrogens (tertiary/aromatic N) is 1. The van der Waals surface area contributed by atoms with Crippen molar-refractivity contribution in [3.63, 3.8) is 0 Å². The Morgan fingerprint density at radius 1 is 1.09 bits per heavy atom. The van der Waals surface area contributed by atoms with Crippen LogP contribution in [0.2, 0.25) is 0 Å². The highest BCUT2D eigenvalue weighted by Gasteiger charge is 2.66. The lowest BCUT2D eigenvalue weighted by atomic mass is 9.77. The van der Waals surface area contributed by atoms with Gasteiger partial charge in [0.1, 0.15) is 0 Å². The highest BCUT2D eigenvalue weighted by Crippen LogP contribution is 2.64. The van der Waals surface area contributed by atoms with Gasteiger partial charge < -0.3 is 0 Å². The number of rotatable bonds is 2. The van der Waals surface area contributed by atoms with Crippen LogP contribution in [0.1, 0.15) is 53.4 Å². The Morgan fingerprint density at radius 3 is 2.43 bits per heavy atom. The van der Waals surface area contributed by atoms with Gasteiger partial charge in [0, 0.05) is 5.57 Å². The predicted octanol–water partition coefficient (Wildman–Crippen LogP) is 3.71. The van der Waals surface area contributed by atoms with Gasteiger partial charge in [-0.2, -0.15) is 0 Å². The lowest BCUT2D eigenvalue weighted by Crippen LogP contribution is -2.63. The summed E-state index contributed by atoms with van der Waals surface area (Å²) in [5.74, 6) is 3.09. The van der Waals surface area contributed by atoms with Crippen LogP contribution in [-0.4, -0.2) is 22.8 Å². The van der Waals surface area contributed by atoms with Crippen molar-refractivity contribution in [3.8, 4) is 0 Å². The average molecular weight is 313 g/mol. The predicted molar refractivity (Wildman–Crippen MR) is 89.4 cm³/mol. The maximum Gasteiger partial charge on any atom is 0.260 e. The average Bonchev–Trinajstić information content (AvgIpc) is 3.14. The molecule has 1 aliphatic heterocycles. The molecule has 0 radical (unpaired) electrons. The van der Waals surface area contributed by atoms with E-state index in [0.717, 1.165) is 29.4 Å². The maximum atomic E-state index is 13.1. The summed E-state index contributed by atoms with van der Waals surface area (Å²) in [7, 11) is 0. The first-order chi connectivity index (χ1) is 10.9. The molecule has 4 aliphatic rings. The number of hydrogen-bond donors (Lipinski definition) is 0. The fraction of sp³-hybridized carbons (Fsp3) is 0.700. The fourth-order valence-corrected chi connectivity index (χ4v) is 5.95. The SMILES string of the molecule is CC(C)=CC(C(=O)N1C(=O)C2CC3C4CCC(C4)C3C21)=C(C)C.